The summed E-state index contributed by atoms with van der Waals surface area (Å²) in [4.78, 5) is 16.4. The predicted octanol–water partition coefficient (Wildman–Crippen LogP) is 2.03. The highest BCUT2D eigenvalue weighted by molar-refractivity contribution is 5.76. The van der Waals surface area contributed by atoms with Gasteiger partial charge in [-0.15, -0.1) is 0 Å². The van der Waals surface area contributed by atoms with Crippen molar-refractivity contribution in [2.75, 3.05) is 39.3 Å². The predicted molar refractivity (Wildman–Crippen MR) is 86.1 cm³/mol. The molecule has 4 nitrogen and oxygen atoms in total. The van der Waals surface area contributed by atoms with E-state index in [0.717, 1.165) is 44.8 Å². The molecule has 1 atom stereocenters. The molecule has 1 fully saturated rings. The van der Waals surface area contributed by atoms with E-state index >= 15 is 0 Å². The summed E-state index contributed by atoms with van der Waals surface area (Å²) in [6.07, 6.45) is 0.541. The Morgan fingerprint density at radius 2 is 1.95 bits per heavy atom. The van der Waals surface area contributed by atoms with Crippen molar-refractivity contribution in [3.05, 3.63) is 35.6 Å². The van der Waals surface area contributed by atoms with Gasteiger partial charge in [-0.3, -0.25) is 9.69 Å². The molecule has 1 saturated heterocycles. The van der Waals surface area contributed by atoms with Crippen LogP contribution in [0.25, 0.3) is 0 Å². The van der Waals surface area contributed by atoms with Crippen LogP contribution in [0.2, 0.25) is 0 Å². The van der Waals surface area contributed by atoms with Gasteiger partial charge in [0.1, 0.15) is 5.82 Å². The lowest BCUT2D eigenvalue weighted by Gasteiger charge is -2.31. The third-order valence-corrected chi connectivity index (χ3v) is 4.39. The second-order valence-electron chi connectivity index (χ2n) is 5.74. The normalized spacial score (nSPS) is 16.8. The first kappa shape index (κ1) is 16.9. The third-order valence-electron chi connectivity index (χ3n) is 4.39. The number of carbonyl (C=O) groups excluding carboxylic acids is 1. The van der Waals surface area contributed by atoms with Crippen LogP contribution in [-0.4, -0.2) is 55.0 Å². The Kier molecular flexibility index (Phi) is 6.34. The second kappa shape index (κ2) is 8.25. The highest BCUT2D eigenvalue weighted by atomic mass is 19.1. The lowest BCUT2D eigenvalue weighted by atomic mass is 10.1. The summed E-state index contributed by atoms with van der Waals surface area (Å²) in [6.45, 7) is 9.17. The van der Waals surface area contributed by atoms with Gasteiger partial charge in [0.25, 0.3) is 0 Å². The smallest absolute Gasteiger partial charge is 0.223 e. The van der Waals surface area contributed by atoms with Gasteiger partial charge in [0.05, 0.1) is 0 Å². The van der Waals surface area contributed by atoms with E-state index in [2.05, 4.69) is 24.1 Å². The molecule has 0 radical (unpaired) electrons. The Balaban J connectivity index is 1.88. The highest BCUT2D eigenvalue weighted by Gasteiger charge is 2.19. The molecule has 1 N–H and O–H groups in total. The Hall–Kier alpha value is -1.46. The van der Waals surface area contributed by atoms with Gasteiger partial charge in [0.2, 0.25) is 5.91 Å². The van der Waals surface area contributed by atoms with E-state index in [-0.39, 0.29) is 17.8 Å². The molecule has 122 valence electrons. The van der Waals surface area contributed by atoms with Gasteiger partial charge in [-0.1, -0.05) is 19.1 Å². The molecule has 0 bridgehead atoms. The maximum absolute atomic E-state index is 13.0. The molecule has 0 aliphatic carbocycles. The van der Waals surface area contributed by atoms with Crippen LogP contribution in [-0.2, 0) is 4.79 Å². The van der Waals surface area contributed by atoms with Gasteiger partial charge in [0.15, 0.2) is 0 Å². The molecular formula is C17H26FN3O. The van der Waals surface area contributed by atoms with Gasteiger partial charge >= 0.3 is 0 Å². The molecule has 1 aromatic carbocycles. The van der Waals surface area contributed by atoms with Crippen LogP contribution in [0.3, 0.4) is 0 Å². The Labute approximate surface area is 132 Å². The first-order valence-electron chi connectivity index (χ1n) is 8.09. The van der Waals surface area contributed by atoms with Crippen LogP contribution < -0.4 is 5.32 Å². The average molecular weight is 307 g/mol. The number of rotatable bonds is 6. The van der Waals surface area contributed by atoms with Crippen molar-refractivity contribution >= 4 is 5.91 Å². The zero-order chi connectivity index (χ0) is 15.9. The molecule has 1 aromatic rings. The topological polar surface area (TPSA) is 35.6 Å². The molecule has 2 rings (SSSR count). The van der Waals surface area contributed by atoms with Crippen molar-refractivity contribution in [1.82, 2.24) is 15.1 Å². The fraction of sp³-hybridized carbons (Fsp3) is 0.588. The van der Waals surface area contributed by atoms with Crippen LogP contribution in [0.1, 0.15) is 31.9 Å². The molecule has 1 heterocycles. The van der Waals surface area contributed by atoms with Gasteiger partial charge < -0.3 is 10.2 Å². The first-order chi connectivity index (χ1) is 10.6. The van der Waals surface area contributed by atoms with Crippen LogP contribution in [0.5, 0.6) is 0 Å². The number of nitrogens with one attached hydrogen (secondary N) is 1. The number of benzene rings is 1. The maximum Gasteiger partial charge on any atom is 0.223 e. The van der Waals surface area contributed by atoms with Crippen LogP contribution in [0.4, 0.5) is 4.39 Å². The number of carbonyl (C=O) groups is 1. The van der Waals surface area contributed by atoms with E-state index in [4.69, 9.17) is 0 Å². The van der Waals surface area contributed by atoms with Gasteiger partial charge in [-0.25, -0.2) is 4.39 Å². The Morgan fingerprint density at radius 3 is 2.55 bits per heavy atom. The SMILES string of the molecule is CCN(CCC(=O)N1CCNCC1)C(C)c1ccc(F)cc1. The van der Waals surface area contributed by atoms with Gasteiger partial charge in [-0.05, 0) is 31.2 Å². The third kappa shape index (κ3) is 4.52. The van der Waals surface area contributed by atoms with Crippen molar-refractivity contribution < 1.29 is 9.18 Å². The number of amides is 1. The molecule has 1 aliphatic heterocycles. The molecule has 1 aliphatic rings. The standard InChI is InChI=1S/C17H26FN3O/c1-3-20(14(2)15-4-6-16(18)7-5-15)11-8-17(22)21-12-9-19-10-13-21/h4-7,14,19H,3,8-13H2,1-2H3. The minimum atomic E-state index is -0.215. The fourth-order valence-corrected chi connectivity index (χ4v) is 2.89. The maximum atomic E-state index is 13.0. The zero-order valence-corrected chi connectivity index (χ0v) is 13.5. The second-order valence-corrected chi connectivity index (χ2v) is 5.74. The van der Waals surface area contributed by atoms with Crippen LogP contribution >= 0.6 is 0 Å². The average Bonchev–Trinajstić information content (AvgIpc) is 2.56. The minimum absolute atomic E-state index is 0.182. The molecular weight excluding hydrogens is 281 g/mol. The van der Waals surface area contributed by atoms with Crippen molar-refractivity contribution in [1.29, 1.82) is 0 Å². The lowest BCUT2D eigenvalue weighted by molar-refractivity contribution is -0.132. The Bertz CT molecular complexity index is 471. The quantitative estimate of drug-likeness (QED) is 0.873. The van der Waals surface area contributed by atoms with Gasteiger partial charge in [0, 0.05) is 45.2 Å². The summed E-state index contributed by atoms with van der Waals surface area (Å²) in [5.74, 6) is 0.0131. The van der Waals surface area contributed by atoms with E-state index in [1.165, 1.54) is 12.1 Å². The van der Waals surface area contributed by atoms with Gasteiger partial charge in [-0.2, -0.15) is 0 Å². The van der Waals surface area contributed by atoms with E-state index in [0.29, 0.717) is 6.42 Å². The summed E-state index contributed by atoms with van der Waals surface area (Å²) in [7, 11) is 0. The van der Waals surface area contributed by atoms with Crippen molar-refractivity contribution in [3.8, 4) is 0 Å². The molecule has 0 aromatic heterocycles. The highest BCUT2D eigenvalue weighted by Crippen LogP contribution is 2.20. The van der Waals surface area contributed by atoms with E-state index in [9.17, 15) is 9.18 Å². The summed E-state index contributed by atoms with van der Waals surface area (Å²) >= 11 is 0. The first-order valence-corrected chi connectivity index (χ1v) is 8.09. The van der Waals surface area contributed by atoms with Crippen molar-refractivity contribution in [2.24, 2.45) is 0 Å². The largest absolute Gasteiger partial charge is 0.340 e. The minimum Gasteiger partial charge on any atom is -0.340 e. The number of halogens is 1. The summed E-state index contributed by atoms with van der Waals surface area (Å²) in [5.41, 5.74) is 1.08. The zero-order valence-electron chi connectivity index (χ0n) is 13.5. The molecule has 0 spiro atoms. The molecule has 5 heteroatoms. The summed E-state index contributed by atoms with van der Waals surface area (Å²) < 4.78 is 13.0. The number of hydrogen-bond acceptors (Lipinski definition) is 3. The van der Waals surface area contributed by atoms with Crippen molar-refractivity contribution in [2.45, 2.75) is 26.3 Å². The summed E-state index contributed by atoms with van der Waals surface area (Å²) in [5, 5.41) is 3.25. The number of hydrogen-bond donors (Lipinski definition) is 1. The fourth-order valence-electron chi connectivity index (χ4n) is 2.89. The molecule has 1 unspecified atom stereocenters. The van der Waals surface area contributed by atoms with E-state index in [1.54, 1.807) is 0 Å². The van der Waals surface area contributed by atoms with E-state index in [1.807, 2.05) is 17.0 Å². The lowest BCUT2D eigenvalue weighted by Crippen LogP contribution is -2.47. The number of piperazine rings is 1. The van der Waals surface area contributed by atoms with Crippen LogP contribution in [0, 0.1) is 5.82 Å². The monoisotopic (exact) mass is 307 g/mol. The molecule has 0 saturated carbocycles. The molecule has 22 heavy (non-hydrogen) atoms. The van der Waals surface area contributed by atoms with Crippen molar-refractivity contribution in [3.63, 3.8) is 0 Å². The molecule has 1 amide bonds. The van der Waals surface area contributed by atoms with Crippen LogP contribution in [0.15, 0.2) is 24.3 Å². The summed E-state index contributed by atoms with van der Waals surface area (Å²) in [6, 6.07) is 6.81. The van der Waals surface area contributed by atoms with E-state index < -0.39 is 0 Å². The Morgan fingerprint density at radius 1 is 1.32 bits per heavy atom. The number of nitrogens with zero attached hydrogens (tertiary/aromatic N) is 2.